The van der Waals surface area contributed by atoms with Crippen LogP contribution in [0.2, 0.25) is 0 Å². The molecular weight excluding hydrogens is 396 g/mol. The molecule has 6 nitrogen and oxygen atoms in total. The first-order chi connectivity index (χ1) is 15.8. The number of para-hydroxylation sites is 1. The quantitative estimate of drug-likeness (QED) is 0.528. The van der Waals surface area contributed by atoms with E-state index in [2.05, 4.69) is 74.8 Å². The van der Waals surface area contributed by atoms with Gasteiger partial charge in [0.15, 0.2) is 5.96 Å². The maximum absolute atomic E-state index is 4.89. The molecule has 2 aromatic rings. The van der Waals surface area contributed by atoms with Gasteiger partial charge >= 0.3 is 0 Å². The number of guanidine groups is 1. The van der Waals surface area contributed by atoms with E-state index in [4.69, 9.17) is 4.99 Å². The number of hydrogen-bond donors (Lipinski definition) is 2. The molecule has 2 saturated heterocycles. The second-order valence-electron chi connectivity index (χ2n) is 8.86. The number of aromatic nitrogens is 1. The molecule has 2 aliphatic heterocycles. The summed E-state index contributed by atoms with van der Waals surface area (Å²) >= 11 is 0. The zero-order valence-corrected chi connectivity index (χ0v) is 19.5. The van der Waals surface area contributed by atoms with Gasteiger partial charge in [0.2, 0.25) is 0 Å². The van der Waals surface area contributed by atoms with Crippen LogP contribution in [0.3, 0.4) is 0 Å². The molecule has 32 heavy (non-hydrogen) atoms. The zero-order chi connectivity index (χ0) is 22.0. The smallest absolute Gasteiger partial charge is 0.191 e. The Morgan fingerprint density at radius 1 is 0.969 bits per heavy atom. The first-order valence-electron chi connectivity index (χ1n) is 12.4. The minimum absolute atomic E-state index is 0.456. The summed E-state index contributed by atoms with van der Waals surface area (Å²) in [6.07, 6.45) is 9.38. The predicted molar refractivity (Wildman–Crippen MR) is 135 cm³/mol. The van der Waals surface area contributed by atoms with E-state index in [-0.39, 0.29) is 0 Å². The molecule has 3 heterocycles. The number of hydrogen-bond acceptors (Lipinski definition) is 4. The van der Waals surface area contributed by atoms with Crippen LogP contribution in [0.25, 0.3) is 0 Å². The number of benzene rings is 1. The van der Waals surface area contributed by atoms with Crippen molar-refractivity contribution >= 4 is 17.5 Å². The molecule has 172 valence electrons. The van der Waals surface area contributed by atoms with Crippen molar-refractivity contribution in [2.45, 2.75) is 58.0 Å². The highest BCUT2D eigenvalue weighted by atomic mass is 15.2. The fraction of sp³-hybridized carbons (Fsp3) is 0.538. The summed E-state index contributed by atoms with van der Waals surface area (Å²) in [6.45, 7) is 8.04. The molecular formula is C26H38N6. The highest BCUT2D eigenvalue weighted by molar-refractivity contribution is 5.80. The number of nitrogens with one attached hydrogen (secondary N) is 2. The summed E-state index contributed by atoms with van der Waals surface area (Å²) in [5.41, 5.74) is 2.54. The van der Waals surface area contributed by atoms with Crippen LogP contribution in [-0.4, -0.2) is 49.7 Å². The van der Waals surface area contributed by atoms with E-state index in [1.165, 1.54) is 36.9 Å². The van der Waals surface area contributed by atoms with Gasteiger partial charge in [0.05, 0.1) is 6.54 Å². The van der Waals surface area contributed by atoms with E-state index in [0.717, 1.165) is 57.3 Å². The van der Waals surface area contributed by atoms with Gasteiger partial charge in [-0.1, -0.05) is 31.0 Å². The topological polar surface area (TPSA) is 55.8 Å². The van der Waals surface area contributed by atoms with Crippen molar-refractivity contribution in [3.8, 4) is 0 Å². The third kappa shape index (κ3) is 6.38. The van der Waals surface area contributed by atoms with Gasteiger partial charge in [-0.15, -0.1) is 0 Å². The molecule has 2 aliphatic rings. The first-order valence-corrected chi connectivity index (χ1v) is 12.4. The molecule has 0 amide bonds. The van der Waals surface area contributed by atoms with Crippen molar-refractivity contribution in [3.05, 3.63) is 54.2 Å². The lowest BCUT2D eigenvalue weighted by Crippen LogP contribution is -2.48. The molecule has 0 spiro atoms. The van der Waals surface area contributed by atoms with E-state index in [1.807, 2.05) is 6.20 Å². The third-order valence-corrected chi connectivity index (χ3v) is 6.46. The second kappa shape index (κ2) is 11.7. The number of pyridine rings is 1. The predicted octanol–water partition coefficient (Wildman–Crippen LogP) is 4.19. The average molecular weight is 435 g/mol. The molecule has 4 rings (SSSR count). The van der Waals surface area contributed by atoms with Crippen LogP contribution in [0.15, 0.2) is 53.7 Å². The highest BCUT2D eigenvalue weighted by Gasteiger charge is 2.20. The summed E-state index contributed by atoms with van der Waals surface area (Å²) in [5, 5.41) is 7.10. The van der Waals surface area contributed by atoms with Crippen molar-refractivity contribution < 1.29 is 0 Å². The molecule has 0 aliphatic carbocycles. The lowest BCUT2D eigenvalue weighted by Gasteiger charge is -2.34. The Morgan fingerprint density at radius 2 is 1.72 bits per heavy atom. The summed E-state index contributed by atoms with van der Waals surface area (Å²) in [5.74, 6) is 2.02. The first kappa shape index (κ1) is 22.4. The van der Waals surface area contributed by atoms with Gasteiger partial charge in [0, 0.05) is 50.6 Å². The van der Waals surface area contributed by atoms with Gasteiger partial charge in [-0.2, -0.15) is 0 Å². The van der Waals surface area contributed by atoms with E-state index >= 15 is 0 Å². The monoisotopic (exact) mass is 434 g/mol. The van der Waals surface area contributed by atoms with Gasteiger partial charge < -0.3 is 20.4 Å². The fourth-order valence-corrected chi connectivity index (χ4v) is 4.64. The summed E-state index contributed by atoms with van der Waals surface area (Å²) in [6, 6.07) is 15.5. The maximum atomic E-state index is 4.89. The highest BCUT2D eigenvalue weighted by Crippen LogP contribution is 2.20. The van der Waals surface area contributed by atoms with Crippen LogP contribution < -0.4 is 20.4 Å². The van der Waals surface area contributed by atoms with E-state index in [1.54, 1.807) is 0 Å². The Balaban J connectivity index is 1.33. The SMILES string of the molecule is CCNC(=NCc1ccnc(N2CCCCCC2)c1)NC1CCN(c2ccccc2)CC1. The molecule has 1 aromatic heterocycles. The van der Waals surface area contributed by atoms with E-state index < -0.39 is 0 Å². The van der Waals surface area contributed by atoms with Crippen molar-refractivity contribution in [1.82, 2.24) is 15.6 Å². The second-order valence-corrected chi connectivity index (χ2v) is 8.86. The number of nitrogens with zero attached hydrogens (tertiary/aromatic N) is 4. The molecule has 0 unspecified atom stereocenters. The molecule has 1 aromatic carbocycles. The molecule has 6 heteroatoms. The standard InChI is InChI=1S/C26H38N6/c1-2-27-26(30-23-13-18-31(19-14-23)24-10-6-5-7-11-24)29-21-22-12-15-28-25(20-22)32-16-8-3-4-9-17-32/h5-7,10-12,15,20,23H,2-4,8-9,13-14,16-19,21H2,1H3,(H2,27,29,30). The van der Waals surface area contributed by atoms with E-state index in [0.29, 0.717) is 12.6 Å². The lowest BCUT2D eigenvalue weighted by atomic mass is 10.0. The lowest BCUT2D eigenvalue weighted by molar-refractivity contribution is 0.461. The van der Waals surface area contributed by atoms with Gasteiger partial charge in [-0.05, 0) is 62.4 Å². The number of rotatable bonds is 6. The van der Waals surface area contributed by atoms with Crippen LogP contribution in [0, 0.1) is 0 Å². The summed E-state index contributed by atoms with van der Waals surface area (Å²) < 4.78 is 0. The molecule has 0 radical (unpaired) electrons. The van der Waals surface area contributed by atoms with Crippen molar-refractivity contribution in [2.24, 2.45) is 4.99 Å². The van der Waals surface area contributed by atoms with Crippen molar-refractivity contribution in [2.75, 3.05) is 42.5 Å². The Kier molecular flexibility index (Phi) is 8.23. The van der Waals surface area contributed by atoms with Gasteiger partial charge in [0.25, 0.3) is 0 Å². The molecule has 0 saturated carbocycles. The van der Waals surface area contributed by atoms with Crippen molar-refractivity contribution in [3.63, 3.8) is 0 Å². The Bertz CT molecular complexity index is 836. The average Bonchev–Trinajstić information content (AvgIpc) is 3.14. The minimum Gasteiger partial charge on any atom is -0.371 e. The fourth-order valence-electron chi connectivity index (χ4n) is 4.64. The number of aliphatic imine (C=N–C) groups is 1. The van der Waals surface area contributed by atoms with Crippen LogP contribution in [0.4, 0.5) is 11.5 Å². The molecule has 2 fully saturated rings. The van der Waals surface area contributed by atoms with Crippen LogP contribution in [0.1, 0.15) is 51.0 Å². The Hall–Kier alpha value is -2.76. The van der Waals surface area contributed by atoms with Gasteiger partial charge in [0.1, 0.15) is 5.82 Å². The number of anilines is 2. The Morgan fingerprint density at radius 3 is 2.44 bits per heavy atom. The summed E-state index contributed by atoms with van der Waals surface area (Å²) in [4.78, 5) is 14.4. The van der Waals surface area contributed by atoms with Gasteiger partial charge in [-0.3, -0.25) is 0 Å². The number of piperidine rings is 1. The third-order valence-electron chi connectivity index (χ3n) is 6.46. The van der Waals surface area contributed by atoms with Crippen molar-refractivity contribution in [1.29, 1.82) is 0 Å². The molecule has 0 atom stereocenters. The minimum atomic E-state index is 0.456. The summed E-state index contributed by atoms with van der Waals surface area (Å²) in [7, 11) is 0. The van der Waals surface area contributed by atoms with Crippen LogP contribution >= 0.6 is 0 Å². The zero-order valence-electron chi connectivity index (χ0n) is 19.5. The maximum Gasteiger partial charge on any atom is 0.191 e. The normalized spacial score (nSPS) is 18.3. The Labute approximate surface area is 193 Å². The molecule has 2 N–H and O–H groups in total. The van der Waals surface area contributed by atoms with Gasteiger partial charge in [-0.25, -0.2) is 9.98 Å². The molecule has 0 bridgehead atoms. The van der Waals surface area contributed by atoms with Crippen LogP contribution in [0.5, 0.6) is 0 Å². The largest absolute Gasteiger partial charge is 0.371 e. The van der Waals surface area contributed by atoms with E-state index in [9.17, 15) is 0 Å². The van der Waals surface area contributed by atoms with Crippen LogP contribution in [-0.2, 0) is 6.54 Å².